The summed E-state index contributed by atoms with van der Waals surface area (Å²) >= 11 is 0. The van der Waals surface area contributed by atoms with Gasteiger partial charge in [0.25, 0.3) is 0 Å². The van der Waals surface area contributed by atoms with E-state index in [9.17, 15) is 9.90 Å². The Hall–Kier alpha value is -0.810. The molecule has 1 rings (SSSR count). The fourth-order valence-corrected chi connectivity index (χ4v) is 1.16. The molecule has 0 spiro atoms. The monoisotopic (exact) mass is 176 g/mol. The van der Waals surface area contributed by atoms with Gasteiger partial charge in [-0.05, 0) is 6.92 Å². The van der Waals surface area contributed by atoms with E-state index in [4.69, 9.17) is 9.47 Å². The van der Waals surface area contributed by atoms with Crippen LogP contribution in [0.1, 0.15) is 6.92 Å². The highest BCUT2D eigenvalue weighted by Gasteiger charge is 2.35. The molecule has 0 aliphatic carbocycles. The topological polar surface area (TPSA) is 65.0 Å². The Bertz CT molecular complexity index is 167. The molecule has 0 amide bonds. The number of ether oxygens (including phenoxy) is 3. The third-order valence-electron chi connectivity index (χ3n) is 1.73. The van der Waals surface area contributed by atoms with Crippen LogP contribution in [0.4, 0.5) is 4.79 Å². The van der Waals surface area contributed by atoms with Crippen molar-refractivity contribution in [3.05, 3.63) is 0 Å². The lowest BCUT2D eigenvalue weighted by atomic mass is 10.1. The summed E-state index contributed by atoms with van der Waals surface area (Å²) in [6, 6.07) is 0. The first kappa shape index (κ1) is 9.28. The fraction of sp³-hybridized carbons (Fsp3) is 0.857. The fourth-order valence-electron chi connectivity index (χ4n) is 1.16. The summed E-state index contributed by atoms with van der Waals surface area (Å²) in [6.07, 6.45) is -2.41. The molecule has 0 aromatic carbocycles. The molecular weight excluding hydrogens is 164 g/mol. The van der Waals surface area contributed by atoms with E-state index in [2.05, 4.69) is 4.74 Å². The number of hydrogen-bond acceptors (Lipinski definition) is 5. The van der Waals surface area contributed by atoms with Crippen molar-refractivity contribution in [2.75, 3.05) is 13.7 Å². The van der Waals surface area contributed by atoms with Crippen LogP contribution in [0.5, 0.6) is 0 Å². The van der Waals surface area contributed by atoms with Gasteiger partial charge in [-0.1, -0.05) is 0 Å². The van der Waals surface area contributed by atoms with Gasteiger partial charge < -0.3 is 19.3 Å². The molecule has 5 heteroatoms. The summed E-state index contributed by atoms with van der Waals surface area (Å²) in [5, 5.41) is 9.19. The molecule has 0 aromatic heterocycles. The molecule has 1 N–H and O–H groups in total. The number of methoxy groups -OCH3 is 1. The maximum atomic E-state index is 10.5. The first-order valence-electron chi connectivity index (χ1n) is 3.69. The summed E-state index contributed by atoms with van der Waals surface area (Å²) in [4.78, 5) is 10.5. The number of aliphatic hydroxyl groups is 1. The average Bonchev–Trinajstić information content (AvgIpc) is 2.37. The van der Waals surface area contributed by atoms with E-state index in [1.165, 1.54) is 7.11 Å². The summed E-state index contributed by atoms with van der Waals surface area (Å²) in [5.74, 6) is 0. The number of aliphatic hydroxyl groups excluding tert-OH is 1. The zero-order valence-corrected chi connectivity index (χ0v) is 7.02. The third kappa shape index (κ3) is 1.86. The Morgan fingerprint density at radius 1 is 1.75 bits per heavy atom. The maximum Gasteiger partial charge on any atom is 0.508 e. The van der Waals surface area contributed by atoms with Crippen molar-refractivity contribution in [2.45, 2.75) is 25.2 Å². The van der Waals surface area contributed by atoms with Crippen LogP contribution in [0.2, 0.25) is 0 Å². The van der Waals surface area contributed by atoms with Crippen LogP contribution >= 0.6 is 0 Å². The van der Waals surface area contributed by atoms with Gasteiger partial charge in [-0.15, -0.1) is 0 Å². The van der Waals surface area contributed by atoms with Crippen molar-refractivity contribution in [1.29, 1.82) is 0 Å². The molecule has 1 heterocycles. The average molecular weight is 176 g/mol. The summed E-state index contributed by atoms with van der Waals surface area (Å²) in [5.41, 5.74) is 0. The molecule has 5 nitrogen and oxygen atoms in total. The molecule has 0 aromatic rings. The minimum Gasteiger partial charge on any atom is -0.430 e. The van der Waals surface area contributed by atoms with E-state index >= 15 is 0 Å². The van der Waals surface area contributed by atoms with Crippen LogP contribution in [0.3, 0.4) is 0 Å². The van der Waals surface area contributed by atoms with Crippen molar-refractivity contribution in [1.82, 2.24) is 0 Å². The Balaban J connectivity index is 2.49. The Kier molecular flexibility index (Phi) is 2.88. The Labute approximate surface area is 70.2 Å². The van der Waals surface area contributed by atoms with E-state index in [1.807, 2.05) is 0 Å². The van der Waals surface area contributed by atoms with Gasteiger partial charge in [-0.2, -0.15) is 0 Å². The van der Waals surface area contributed by atoms with E-state index in [1.54, 1.807) is 6.92 Å². The third-order valence-corrected chi connectivity index (χ3v) is 1.73. The molecule has 12 heavy (non-hydrogen) atoms. The van der Waals surface area contributed by atoms with Crippen molar-refractivity contribution >= 4 is 6.16 Å². The van der Waals surface area contributed by atoms with Crippen LogP contribution in [0, 0.1) is 0 Å². The second-order valence-electron chi connectivity index (χ2n) is 2.66. The number of hydrogen-bond donors (Lipinski definition) is 1. The van der Waals surface area contributed by atoms with Gasteiger partial charge in [0.2, 0.25) is 0 Å². The number of cyclic esters (lactones) is 2. The van der Waals surface area contributed by atoms with Gasteiger partial charge in [0.05, 0.1) is 6.10 Å². The highest BCUT2D eigenvalue weighted by atomic mass is 16.8. The number of carbonyl (C=O) groups excluding carboxylic acids is 1. The van der Waals surface area contributed by atoms with Gasteiger partial charge >= 0.3 is 6.16 Å². The van der Waals surface area contributed by atoms with Crippen LogP contribution < -0.4 is 0 Å². The molecule has 0 radical (unpaired) electrons. The first-order chi connectivity index (χ1) is 5.65. The van der Waals surface area contributed by atoms with Crippen LogP contribution in [-0.4, -0.2) is 43.3 Å². The zero-order valence-electron chi connectivity index (χ0n) is 7.02. The van der Waals surface area contributed by atoms with Gasteiger partial charge in [-0.25, -0.2) is 4.79 Å². The molecule has 1 saturated heterocycles. The summed E-state index contributed by atoms with van der Waals surface area (Å²) < 4.78 is 14.2. The molecular formula is C7H12O5. The van der Waals surface area contributed by atoms with Crippen molar-refractivity contribution in [3.63, 3.8) is 0 Å². The Morgan fingerprint density at radius 3 is 2.75 bits per heavy atom. The molecule has 1 aliphatic heterocycles. The number of carbonyl (C=O) groups is 1. The van der Waals surface area contributed by atoms with Gasteiger partial charge in [-0.3, -0.25) is 0 Å². The minimum atomic E-state index is -0.706. The summed E-state index contributed by atoms with van der Waals surface area (Å²) in [7, 11) is 1.45. The smallest absolute Gasteiger partial charge is 0.430 e. The summed E-state index contributed by atoms with van der Waals surface area (Å²) in [6.45, 7) is 1.71. The number of rotatable bonds is 3. The highest BCUT2D eigenvalue weighted by molar-refractivity contribution is 5.61. The lowest BCUT2D eigenvalue weighted by Gasteiger charge is -2.21. The molecule has 1 fully saturated rings. The lowest BCUT2D eigenvalue weighted by Crippen LogP contribution is -2.38. The largest absolute Gasteiger partial charge is 0.508 e. The van der Waals surface area contributed by atoms with E-state index < -0.39 is 24.5 Å². The molecule has 3 unspecified atom stereocenters. The predicted octanol–water partition coefficient (Wildman–Crippen LogP) is -0.0824. The molecule has 1 aliphatic rings. The standard InChI is InChI=1S/C7H12O5/c1-4(8)6(10-2)5-3-11-7(9)12-5/h4-6,8H,3H2,1-2H3. The molecule has 0 bridgehead atoms. The maximum absolute atomic E-state index is 10.5. The quantitative estimate of drug-likeness (QED) is 0.609. The van der Waals surface area contributed by atoms with E-state index in [0.717, 1.165) is 0 Å². The van der Waals surface area contributed by atoms with Crippen LogP contribution in [-0.2, 0) is 14.2 Å². The zero-order chi connectivity index (χ0) is 9.14. The Morgan fingerprint density at radius 2 is 2.42 bits per heavy atom. The van der Waals surface area contributed by atoms with Gasteiger partial charge in [0.15, 0.2) is 6.10 Å². The molecule has 70 valence electrons. The normalized spacial score (nSPS) is 27.6. The highest BCUT2D eigenvalue weighted by Crippen LogP contribution is 2.15. The van der Waals surface area contributed by atoms with Crippen molar-refractivity contribution in [3.8, 4) is 0 Å². The van der Waals surface area contributed by atoms with Crippen LogP contribution in [0.15, 0.2) is 0 Å². The van der Waals surface area contributed by atoms with Gasteiger partial charge in [0, 0.05) is 7.11 Å². The molecule has 3 atom stereocenters. The van der Waals surface area contributed by atoms with E-state index in [0.29, 0.717) is 0 Å². The lowest BCUT2D eigenvalue weighted by molar-refractivity contribution is -0.0643. The van der Waals surface area contributed by atoms with Crippen molar-refractivity contribution < 1.29 is 24.1 Å². The van der Waals surface area contributed by atoms with E-state index in [-0.39, 0.29) is 6.61 Å². The first-order valence-corrected chi connectivity index (χ1v) is 3.69. The van der Waals surface area contributed by atoms with Gasteiger partial charge in [0.1, 0.15) is 12.7 Å². The second kappa shape index (κ2) is 3.73. The minimum absolute atomic E-state index is 0.141. The predicted molar refractivity (Wildman–Crippen MR) is 38.7 cm³/mol. The molecule has 0 saturated carbocycles. The van der Waals surface area contributed by atoms with Crippen LogP contribution in [0.25, 0.3) is 0 Å². The SMILES string of the molecule is COC(C(C)O)C1COC(=O)O1. The second-order valence-corrected chi connectivity index (χ2v) is 2.66. The van der Waals surface area contributed by atoms with Crippen molar-refractivity contribution in [2.24, 2.45) is 0 Å².